The molecule has 0 amide bonds. The number of benzene rings is 1. The SMILES string of the molecule is POc1ccccc1I. The third kappa shape index (κ3) is 1.80. The standard InChI is InChI=1S/C6H6IOP/c7-5-3-1-2-4-6(5)8-9/h1-4H,9H2. The van der Waals surface area contributed by atoms with Crippen LogP contribution < -0.4 is 4.52 Å². The Hall–Kier alpha value is 0.180. The van der Waals surface area contributed by atoms with E-state index in [9.17, 15) is 0 Å². The third-order valence-electron chi connectivity index (χ3n) is 0.964. The van der Waals surface area contributed by atoms with Gasteiger partial charge in [0.05, 0.1) is 13.0 Å². The molecule has 0 aliphatic carbocycles. The van der Waals surface area contributed by atoms with Gasteiger partial charge in [0.2, 0.25) is 0 Å². The van der Waals surface area contributed by atoms with Crippen LogP contribution in [0.25, 0.3) is 0 Å². The van der Waals surface area contributed by atoms with E-state index in [1.165, 1.54) is 0 Å². The molecule has 0 aliphatic heterocycles. The zero-order valence-corrected chi connectivity index (χ0v) is 7.99. The molecule has 1 aromatic rings. The van der Waals surface area contributed by atoms with Crippen molar-refractivity contribution in [2.45, 2.75) is 0 Å². The normalized spacial score (nSPS) is 9.11. The van der Waals surface area contributed by atoms with Crippen molar-refractivity contribution in [1.29, 1.82) is 0 Å². The molecule has 0 radical (unpaired) electrons. The average Bonchev–Trinajstić information content (AvgIpc) is 1.89. The molecule has 3 heteroatoms. The van der Waals surface area contributed by atoms with Gasteiger partial charge in [-0.15, -0.1) is 0 Å². The van der Waals surface area contributed by atoms with Gasteiger partial charge in [-0.25, -0.2) is 0 Å². The maximum atomic E-state index is 4.95. The first-order valence-corrected chi connectivity index (χ1v) is 4.01. The van der Waals surface area contributed by atoms with Crippen molar-refractivity contribution in [2.24, 2.45) is 0 Å². The maximum absolute atomic E-state index is 4.95. The number of hydrogen-bond acceptors (Lipinski definition) is 1. The molecule has 1 aromatic carbocycles. The summed E-state index contributed by atoms with van der Waals surface area (Å²) in [4.78, 5) is 0. The lowest BCUT2D eigenvalue weighted by atomic mass is 10.3. The minimum atomic E-state index is 0.906. The largest absolute Gasteiger partial charge is 0.479 e. The topological polar surface area (TPSA) is 9.23 Å². The van der Waals surface area contributed by atoms with Crippen molar-refractivity contribution < 1.29 is 4.52 Å². The summed E-state index contributed by atoms with van der Waals surface area (Å²) in [6.45, 7) is 0. The Balaban J connectivity index is 3.01. The van der Waals surface area contributed by atoms with Gasteiger partial charge >= 0.3 is 0 Å². The fourth-order valence-corrected chi connectivity index (χ4v) is 1.50. The highest BCUT2D eigenvalue weighted by Crippen LogP contribution is 2.20. The molecule has 9 heavy (non-hydrogen) atoms. The molecule has 0 aromatic heterocycles. The van der Waals surface area contributed by atoms with Gasteiger partial charge in [0, 0.05) is 0 Å². The first-order chi connectivity index (χ1) is 4.34. The van der Waals surface area contributed by atoms with Crippen LogP contribution in [0.5, 0.6) is 5.75 Å². The lowest BCUT2D eigenvalue weighted by Crippen LogP contribution is -1.76. The van der Waals surface area contributed by atoms with Gasteiger partial charge in [0.15, 0.2) is 0 Å². The molecule has 0 saturated carbocycles. The predicted octanol–water partition coefficient (Wildman–Crippen LogP) is 2.46. The molecule has 0 aliphatic rings. The molecule has 1 nitrogen and oxygen atoms in total. The van der Waals surface area contributed by atoms with E-state index < -0.39 is 0 Å². The van der Waals surface area contributed by atoms with Crippen molar-refractivity contribution in [3.63, 3.8) is 0 Å². The lowest BCUT2D eigenvalue weighted by Gasteiger charge is -1.98. The first kappa shape index (κ1) is 7.29. The molecule has 0 bridgehead atoms. The second-order valence-electron chi connectivity index (χ2n) is 1.55. The summed E-state index contributed by atoms with van der Waals surface area (Å²) in [5.41, 5.74) is 0. The molecule has 0 spiro atoms. The van der Waals surface area contributed by atoms with Gasteiger partial charge in [-0.1, -0.05) is 12.1 Å². The first-order valence-electron chi connectivity index (χ1n) is 2.46. The molecular formula is C6H6IOP. The van der Waals surface area contributed by atoms with Crippen LogP contribution in [0.15, 0.2) is 24.3 Å². The quantitative estimate of drug-likeness (QED) is 0.551. The van der Waals surface area contributed by atoms with E-state index in [2.05, 4.69) is 32.1 Å². The van der Waals surface area contributed by atoms with Crippen LogP contribution >= 0.6 is 32.1 Å². The molecule has 0 N–H and O–H groups in total. The van der Waals surface area contributed by atoms with Crippen LogP contribution in [0.1, 0.15) is 0 Å². The van der Waals surface area contributed by atoms with Crippen molar-refractivity contribution in [1.82, 2.24) is 0 Å². The zero-order chi connectivity index (χ0) is 6.69. The molecule has 1 rings (SSSR count). The Bertz CT molecular complexity index is 202. The fraction of sp³-hybridized carbons (Fsp3) is 0. The van der Waals surface area contributed by atoms with E-state index >= 15 is 0 Å². The number of hydrogen-bond donors (Lipinski definition) is 0. The summed E-state index contributed by atoms with van der Waals surface area (Å²) in [5, 5.41) is 0. The zero-order valence-electron chi connectivity index (χ0n) is 4.67. The van der Waals surface area contributed by atoms with E-state index in [-0.39, 0.29) is 0 Å². The second-order valence-corrected chi connectivity index (χ2v) is 2.95. The summed E-state index contributed by atoms with van der Waals surface area (Å²) < 4.78 is 6.08. The molecular weight excluding hydrogens is 246 g/mol. The van der Waals surface area contributed by atoms with E-state index in [0.29, 0.717) is 0 Å². The van der Waals surface area contributed by atoms with E-state index in [4.69, 9.17) is 4.52 Å². The summed E-state index contributed by atoms with van der Waals surface area (Å²) in [5.74, 6) is 0.906. The molecule has 0 fully saturated rings. The maximum Gasteiger partial charge on any atom is 0.135 e. The molecule has 0 heterocycles. The van der Waals surface area contributed by atoms with Gasteiger partial charge in [0.1, 0.15) is 5.75 Å². The fourth-order valence-electron chi connectivity index (χ4n) is 0.540. The van der Waals surface area contributed by atoms with Crippen LogP contribution in [0.2, 0.25) is 0 Å². The Kier molecular flexibility index (Phi) is 2.73. The lowest BCUT2D eigenvalue weighted by molar-refractivity contribution is 0.641. The monoisotopic (exact) mass is 252 g/mol. The van der Waals surface area contributed by atoms with Gasteiger partial charge in [-0.05, 0) is 34.7 Å². The molecule has 1 atom stereocenters. The second kappa shape index (κ2) is 3.37. The van der Waals surface area contributed by atoms with Crippen LogP contribution in [0.4, 0.5) is 0 Å². The number of para-hydroxylation sites is 1. The Morgan fingerprint density at radius 1 is 1.33 bits per heavy atom. The highest BCUT2D eigenvalue weighted by Gasteiger charge is 1.93. The minimum absolute atomic E-state index is 0.906. The van der Waals surface area contributed by atoms with E-state index in [1.807, 2.05) is 24.3 Å². The molecule has 48 valence electrons. The smallest absolute Gasteiger partial charge is 0.135 e. The Labute approximate surface area is 70.2 Å². The van der Waals surface area contributed by atoms with Gasteiger partial charge in [0.25, 0.3) is 0 Å². The highest BCUT2D eigenvalue weighted by molar-refractivity contribution is 14.1. The van der Waals surface area contributed by atoms with Crippen molar-refractivity contribution in [3.8, 4) is 5.75 Å². The van der Waals surface area contributed by atoms with Gasteiger partial charge < -0.3 is 4.52 Å². The average molecular weight is 252 g/mol. The Morgan fingerprint density at radius 2 is 2.00 bits per heavy atom. The van der Waals surface area contributed by atoms with Crippen LogP contribution in [-0.4, -0.2) is 0 Å². The molecule has 1 unspecified atom stereocenters. The number of halogens is 1. The highest BCUT2D eigenvalue weighted by atomic mass is 127. The summed E-state index contributed by atoms with van der Waals surface area (Å²) >= 11 is 2.22. The van der Waals surface area contributed by atoms with Crippen molar-refractivity contribution >= 4 is 32.1 Å². The summed E-state index contributed by atoms with van der Waals surface area (Å²) in [6, 6.07) is 7.85. The minimum Gasteiger partial charge on any atom is -0.479 e. The molecule has 0 saturated heterocycles. The van der Waals surface area contributed by atoms with Crippen LogP contribution in [-0.2, 0) is 0 Å². The van der Waals surface area contributed by atoms with E-state index in [0.717, 1.165) is 9.32 Å². The van der Waals surface area contributed by atoms with Crippen LogP contribution in [0.3, 0.4) is 0 Å². The van der Waals surface area contributed by atoms with Crippen LogP contribution in [0, 0.1) is 3.57 Å². The van der Waals surface area contributed by atoms with Crippen molar-refractivity contribution in [3.05, 3.63) is 27.8 Å². The Morgan fingerprint density at radius 3 is 2.44 bits per heavy atom. The number of rotatable bonds is 1. The van der Waals surface area contributed by atoms with E-state index in [1.54, 1.807) is 0 Å². The predicted molar refractivity (Wildman–Crippen MR) is 49.5 cm³/mol. The van der Waals surface area contributed by atoms with Gasteiger partial charge in [-0.2, -0.15) is 0 Å². The summed E-state index contributed by atoms with van der Waals surface area (Å²) in [6.07, 6.45) is 0. The van der Waals surface area contributed by atoms with Crippen molar-refractivity contribution in [2.75, 3.05) is 0 Å². The summed E-state index contributed by atoms with van der Waals surface area (Å²) in [7, 11) is 2.22. The van der Waals surface area contributed by atoms with Gasteiger partial charge in [-0.3, -0.25) is 0 Å². The third-order valence-corrected chi connectivity index (χ3v) is 2.11.